The van der Waals surface area contributed by atoms with E-state index in [0.29, 0.717) is 15.8 Å². The van der Waals surface area contributed by atoms with Crippen LogP contribution < -0.4 is 10.1 Å². The summed E-state index contributed by atoms with van der Waals surface area (Å²) < 4.78 is 5.40. The van der Waals surface area contributed by atoms with Crippen molar-refractivity contribution in [3.05, 3.63) is 28.2 Å². The van der Waals surface area contributed by atoms with E-state index in [4.69, 9.17) is 33.0 Å². The van der Waals surface area contributed by atoms with Crippen LogP contribution in [0.1, 0.15) is 13.8 Å². The maximum absolute atomic E-state index is 11.8. The van der Waals surface area contributed by atoms with Gasteiger partial charge in [0.15, 0.2) is 6.10 Å². The molecule has 1 rings (SSSR count). The Balaban J connectivity index is 2.55. The molecule has 0 aromatic heterocycles. The third-order valence-electron chi connectivity index (χ3n) is 2.57. The first kappa shape index (κ1) is 16.6. The zero-order chi connectivity index (χ0) is 15.3. The van der Waals surface area contributed by atoms with E-state index in [0.717, 1.165) is 0 Å². The first-order valence-electron chi connectivity index (χ1n) is 5.93. The van der Waals surface area contributed by atoms with Crippen molar-refractivity contribution in [1.82, 2.24) is 5.32 Å². The zero-order valence-electron chi connectivity index (χ0n) is 11.0. The summed E-state index contributed by atoms with van der Waals surface area (Å²) in [5.41, 5.74) is 0. The molecule has 0 fully saturated rings. The van der Waals surface area contributed by atoms with Crippen LogP contribution in [0.4, 0.5) is 0 Å². The van der Waals surface area contributed by atoms with Gasteiger partial charge in [0.05, 0.1) is 10.9 Å². The van der Waals surface area contributed by atoms with Crippen LogP contribution in [0.5, 0.6) is 5.75 Å². The van der Waals surface area contributed by atoms with Crippen molar-refractivity contribution in [2.75, 3.05) is 6.54 Å². The number of hydrogen-bond acceptors (Lipinski definition) is 3. The van der Waals surface area contributed by atoms with E-state index in [9.17, 15) is 9.59 Å². The summed E-state index contributed by atoms with van der Waals surface area (Å²) in [6, 6.07) is 4.67. The second kappa shape index (κ2) is 7.36. The van der Waals surface area contributed by atoms with Gasteiger partial charge < -0.3 is 15.2 Å². The van der Waals surface area contributed by atoms with Gasteiger partial charge in [0.25, 0.3) is 5.91 Å². The largest absolute Gasteiger partial charge is 0.481 e. The molecule has 1 aromatic rings. The van der Waals surface area contributed by atoms with Gasteiger partial charge in [-0.2, -0.15) is 0 Å². The van der Waals surface area contributed by atoms with Gasteiger partial charge in [-0.25, -0.2) is 0 Å². The minimum absolute atomic E-state index is 0.0379. The number of amides is 1. The highest BCUT2D eigenvalue weighted by Gasteiger charge is 2.18. The molecule has 0 saturated carbocycles. The number of aliphatic carboxylic acids is 1. The molecule has 0 aliphatic carbocycles. The van der Waals surface area contributed by atoms with Crippen molar-refractivity contribution in [2.24, 2.45) is 5.92 Å². The lowest BCUT2D eigenvalue weighted by Crippen LogP contribution is -2.39. The van der Waals surface area contributed by atoms with Crippen LogP contribution in [0, 0.1) is 5.92 Å². The highest BCUT2D eigenvalue weighted by Crippen LogP contribution is 2.28. The van der Waals surface area contributed by atoms with E-state index >= 15 is 0 Å². The smallest absolute Gasteiger partial charge is 0.308 e. The number of nitrogens with one attached hydrogen (secondary N) is 1. The van der Waals surface area contributed by atoms with Crippen molar-refractivity contribution < 1.29 is 19.4 Å². The van der Waals surface area contributed by atoms with Crippen LogP contribution in [0.3, 0.4) is 0 Å². The number of rotatable bonds is 6. The SMILES string of the molecule is CC(CNC(=O)C(C)Oc1ccc(Cl)cc1Cl)C(=O)O. The van der Waals surface area contributed by atoms with Gasteiger partial charge in [0.2, 0.25) is 0 Å². The van der Waals surface area contributed by atoms with Gasteiger partial charge in [-0.05, 0) is 25.1 Å². The zero-order valence-corrected chi connectivity index (χ0v) is 12.5. The predicted octanol–water partition coefficient (Wildman–Crippen LogP) is 2.60. The first-order valence-corrected chi connectivity index (χ1v) is 6.69. The topological polar surface area (TPSA) is 75.6 Å². The Hall–Kier alpha value is -1.46. The fourth-order valence-corrected chi connectivity index (χ4v) is 1.75. The third kappa shape index (κ3) is 4.90. The first-order chi connectivity index (χ1) is 9.31. The minimum Gasteiger partial charge on any atom is -0.481 e. The Kier molecular flexibility index (Phi) is 6.10. The Labute approximate surface area is 126 Å². The molecular weight excluding hydrogens is 305 g/mol. The molecular formula is C13H15Cl2NO4. The van der Waals surface area contributed by atoms with E-state index in [-0.39, 0.29) is 6.54 Å². The van der Waals surface area contributed by atoms with E-state index in [1.807, 2.05) is 0 Å². The second-order valence-corrected chi connectivity index (χ2v) is 5.16. The standard InChI is InChI=1S/C13H15Cl2NO4/c1-7(13(18)19)6-16-12(17)8(2)20-11-4-3-9(14)5-10(11)15/h3-5,7-8H,6H2,1-2H3,(H,16,17)(H,18,19). The van der Waals surface area contributed by atoms with Gasteiger partial charge in [-0.1, -0.05) is 30.1 Å². The fourth-order valence-electron chi connectivity index (χ4n) is 1.30. The summed E-state index contributed by atoms with van der Waals surface area (Å²) in [5, 5.41) is 12.0. The molecule has 0 spiro atoms. The lowest BCUT2D eigenvalue weighted by molar-refractivity contribution is -0.141. The van der Waals surface area contributed by atoms with Crippen molar-refractivity contribution in [2.45, 2.75) is 20.0 Å². The molecule has 2 unspecified atom stereocenters. The lowest BCUT2D eigenvalue weighted by Gasteiger charge is -2.16. The average Bonchev–Trinajstić information content (AvgIpc) is 2.38. The van der Waals surface area contributed by atoms with E-state index in [1.54, 1.807) is 19.1 Å². The molecule has 1 aromatic carbocycles. The summed E-state index contributed by atoms with van der Waals surface area (Å²) in [7, 11) is 0. The highest BCUT2D eigenvalue weighted by molar-refractivity contribution is 6.35. The van der Waals surface area contributed by atoms with Gasteiger partial charge in [0, 0.05) is 11.6 Å². The fraction of sp³-hybridized carbons (Fsp3) is 0.385. The number of carboxylic acids is 1. The maximum Gasteiger partial charge on any atom is 0.308 e. The Bertz CT molecular complexity index is 507. The highest BCUT2D eigenvalue weighted by atomic mass is 35.5. The predicted molar refractivity (Wildman–Crippen MR) is 76.4 cm³/mol. The number of halogens is 2. The van der Waals surface area contributed by atoms with Crippen LogP contribution in [0.2, 0.25) is 10.0 Å². The van der Waals surface area contributed by atoms with Crippen molar-refractivity contribution in [3.63, 3.8) is 0 Å². The molecule has 2 atom stereocenters. The Morgan fingerprint density at radius 1 is 1.35 bits per heavy atom. The summed E-state index contributed by atoms with van der Waals surface area (Å²) in [6.07, 6.45) is -0.797. The van der Waals surface area contributed by atoms with E-state index in [1.165, 1.54) is 13.0 Å². The van der Waals surface area contributed by atoms with E-state index in [2.05, 4.69) is 5.32 Å². The summed E-state index contributed by atoms with van der Waals surface area (Å²) >= 11 is 11.7. The number of ether oxygens (including phenoxy) is 1. The van der Waals surface area contributed by atoms with Crippen LogP contribution >= 0.6 is 23.2 Å². The number of benzene rings is 1. The van der Waals surface area contributed by atoms with Crippen LogP contribution in [-0.4, -0.2) is 29.6 Å². The molecule has 0 heterocycles. The molecule has 7 heteroatoms. The molecule has 0 aliphatic rings. The van der Waals surface area contributed by atoms with Crippen molar-refractivity contribution in [1.29, 1.82) is 0 Å². The number of carboxylic acid groups (broad SMARTS) is 1. The molecule has 5 nitrogen and oxygen atoms in total. The van der Waals surface area contributed by atoms with E-state index < -0.39 is 23.9 Å². The second-order valence-electron chi connectivity index (χ2n) is 4.32. The molecule has 0 saturated heterocycles. The van der Waals surface area contributed by atoms with Crippen molar-refractivity contribution in [3.8, 4) is 5.75 Å². The lowest BCUT2D eigenvalue weighted by atomic mass is 10.2. The van der Waals surface area contributed by atoms with Crippen LogP contribution in [-0.2, 0) is 9.59 Å². The Morgan fingerprint density at radius 2 is 2.00 bits per heavy atom. The molecule has 1 amide bonds. The minimum atomic E-state index is -0.973. The van der Waals surface area contributed by atoms with Crippen molar-refractivity contribution >= 4 is 35.1 Å². The van der Waals surface area contributed by atoms with Crippen LogP contribution in [0.15, 0.2) is 18.2 Å². The summed E-state index contributed by atoms with van der Waals surface area (Å²) in [6.45, 7) is 3.09. The number of carbonyl (C=O) groups is 2. The maximum atomic E-state index is 11.8. The Morgan fingerprint density at radius 3 is 2.55 bits per heavy atom. The van der Waals surface area contributed by atoms with Gasteiger partial charge in [-0.3, -0.25) is 9.59 Å². The number of hydrogen-bond donors (Lipinski definition) is 2. The van der Waals surface area contributed by atoms with Crippen LogP contribution in [0.25, 0.3) is 0 Å². The molecule has 0 radical (unpaired) electrons. The number of carbonyl (C=O) groups excluding carboxylic acids is 1. The summed E-state index contributed by atoms with van der Waals surface area (Å²) in [4.78, 5) is 22.4. The molecule has 20 heavy (non-hydrogen) atoms. The normalized spacial score (nSPS) is 13.4. The van der Waals surface area contributed by atoms with Gasteiger partial charge >= 0.3 is 5.97 Å². The molecule has 0 bridgehead atoms. The monoisotopic (exact) mass is 319 g/mol. The third-order valence-corrected chi connectivity index (χ3v) is 3.10. The quantitative estimate of drug-likeness (QED) is 0.845. The average molecular weight is 320 g/mol. The summed E-state index contributed by atoms with van der Waals surface area (Å²) in [5.74, 6) is -1.71. The molecule has 0 aliphatic heterocycles. The van der Waals surface area contributed by atoms with Gasteiger partial charge in [0.1, 0.15) is 5.75 Å². The molecule has 110 valence electrons. The molecule has 2 N–H and O–H groups in total. The van der Waals surface area contributed by atoms with Gasteiger partial charge in [-0.15, -0.1) is 0 Å².